The first-order valence-electron chi connectivity index (χ1n) is 16.5. The molecular weight excluding hydrogens is 702 g/mol. The summed E-state index contributed by atoms with van der Waals surface area (Å²) in [7, 11) is 0. The minimum Gasteiger partial charge on any atom is -0.480 e. The topological polar surface area (TPSA) is 339 Å². The highest BCUT2D eigenvalue weighted by Crippen LogP contribution is 2.34. The number of nitrogens with one attached hydrogen (secondary N) is 2. The van der Waals surface area contributed by atoms with Crippen molar-refractivity contribution >= 4 is 23.5 Å². The zero-order valence-electron chi connectivity index (χ0n) is 28.2. The summed E-state index contributed by atoms with van der Waals surface area (Å²) in [6.45, 7) is 0.930. The summed E-state index contributed by atoms with van der Waals surface area (Å²) in [5.74, 6) is -2.29. The van der Waals surface area contributed by atoms with Crippen LogP contribution in [-0.4, -0.2) is 175 Å². The van der Waals surface area contributed by atoms with Crippen LogP contribution in [0.4, 0.5) is 5.69 Å². The smallest absolute Gasteiger partial charge is 0.320 e. The number of hydrogen-bond acceptors (Lipinski definition) is 18. The number of aliphatic hydroxyl groups is 8. The lowest BCUT2D eigenvalue weighted by atomic mass is 9.94. The van der Waals surface area contributed by atoms with Gasteiger partial charge >= 0.3 is 5.97 Å². The van der Waals surface area contributed by atoms with Crippen LogP contribution >= 0.6 is 0 Å². The molecule has 16 atom stereocenters. The molecule has 4 rings (SSSR count). The molecule has 3 fully saturated rings. The standard InChI is InChI=1S/C31H47N3O18/c1-11-20(39)22(41)24(43)30(47-11)52-27-19(33-12(2)37)29(48-14-5-3-13(4-6-14)34-18(38)8-7-15(32)28(45)46)50-17(10-36)26(27)51-31-25(44)23(42)21(40)16(9-35)49-31/h3-6,11,15-17,19-27,29-31,35-36,39-44H,7-10,32H2,1-2H3,(H,33,37)(H,34,38)(H,45,46)/t11-,15-,16+,17+,19+,20+,21-,22+,23-,24-,25+,26+,27+,29+,30-,31-/m0/s1. The molecule has 0 radical (unpaired) electrons. The summed E-state index contributed by atoms with van der Waals surface area (Å²) in [5, 5.41) is 97.0. The number of carboxylic acid groups (broad SMARTS) is 1. The number of rotatable bonds is 14. The monoisotopic (exact) mass is 749 g/mol. The van der Waals surface area contributed by atoms with E-state index < -0.39 is 129 Å². The van der Waals surface area contributed by atoms with Crippen LogP contribution in [0.15, 0.2) is 24.3 Å². The van der Waals surface area contributed by atoms with Crippen LogP contribution in [0.2, 0.25) is 0 Å². The molecule has 52 heavy (non-hydrogen) atoms. The molecule has 3 aliphatic rings. The number of ether oxygens (including phenoxy) is 6. The van der Waals surface area contributed by atoms with Crippen molar-refractivity contribution in [1.29, 1.82) is 0 Å². The molecule has 1 aromatic carbocycles. The Kier molecular flexibility index (Phi) is 14.6. The molecule has 21 heteroatoms. The fourth-order valence-electron chi connectivity index (χ4n) is 5.87. The number of carboxylic acids is 1. The highest BCUT2D eigenvalue weighted by atomic mass is 16.8. The summed E-state index contributed by atoms with van der Waals surface area (Å²) in [5.41, 5.74) is 5.76. The van der Waals surface area contributed by atoms with Gasteiger partial charge < -0.3 is 90.7 Å². The molecule has 13 N–H and O–H groups in total. The Hall–Kier alpha value is -3.13. The van der Waals surface area contributed by atoms with Gasteiger partial charge in [-0.1, -0.05) is 0 Å². The number of carbonyl (C=O) groups excluding carboxylic acids is 2. The van der Waals surface area contributed by atoms with Gasteiger partial charge in [0.2, 0.25) is 18.1 Å². The first-order valence-corrected chi connectivity index (χ1v) is 16.5. The van der Waals surface area contributed by atoms with Crippen LogP contribution in [0.3, 0.4) is 0 Å². The molecule has 3 heterocycles. The zero-order valence-corrected chi connectivity index (χ0v) is 28.2. The number of benzene rings is 1. The van der Waals surface area contributed by atoms with Crippen LogP contribution in [0.1, 0.15) is 26.7 Å². The van der Waals surface area contributed by atoms with E-state index in [1.807, 2.05) is 0 Å². The van der Waals surface area contributed by atoms with Gasteiger partial charge in [-0.2, -0.15) is 0 Å². The van der Waals surface area contributed by atoms with Crippen LogP contribution in [-0.2, 0) is 38.1 Å². The van der Waals surface area contributed by atoms with Crippen molar-refractivity contribution in [3.8, 4) is 5.75 Å². The third kappa shape index (κ3) is 9.89. The number of amides is 2. The van der Waals surface area contributed by atoms with E-state index in [1.165, 1.54) is 31.2 Å². The second-order valence-electron chi connectivity index (χ2n) is 12.7. The summed E-state index contributed by atoms with van der Waals surface area (Å²) in [4.78, 5) is 35.7. The summed E-state index contributed by atoms with van der Waals surface area (Å²) in [6.07, 6.45) is -22.9. The van der Waals surface area contributed by atoms with E-state index >= 15 is 0 Å². The SMILES string of the molecule is CC(=O)N[C@H]1[C@H](Oc2ccc(NC(=O)CC[C@H](N)C(=O)O)cc2)O[C@H](CO)[C@@H](O[C@@H]2O[C@H](CO)[C@H](O)[C@H](O)[C@H]2O)[C@@H]1O[C@@H]1O[C@@H](C)[C@@H](O)[C@@H](O)[C@@H]1O. The number of aliphatic carboxylic acids is 1. The van der Waals surface area contributed by atoms with Gasteiger partial charge in [0.1, 0.15) is 78.9 Å². The van der Waals surface area contributed by atoms with Crippen molar-refractivity contribution < 1.29 is 88.8 Å². The molecule has 2 amide bonds. The molecule has 3 saturated heterocycles. The Balaban J connectivity index is 1.62. The maximum absolute atomic E-state index is 12.5. The molecule has 1 aromatic rings. The number of nitrogens with two attached hydrogens (primary N) is 1. The van der Waals surface area contributed by atoms with Crippen molar-refractivity contribution in [1.82, 2.24) is 5.32 Å². The van der Waals surface area contributed by atoms with E-state index in [1.54, 1.807) is 0 Å². The lowest BCUT2D eigenvalue weighted by Gasteiger charge is -2.50. The van der Waals surface area contributed by atoms with Gasteiger partial charge in [-0.25, -0.2) is 0 Å². The van der Waals surface area contributed by atoms with Crippen molar-refractivity contribution in [2.24, 2.45) is 5.73 Å². The molecule has 0 saturated carbocycles. The summed E-state index contributed by atoms with van der Waals surface area (Å²) < 4.78 is 35.2. The van der Waals surface area contributed by atoms with Gasteiger partial charge in [-0.05, 0) is 37.6 Å². The van der Waals surface area contributed by atoms with Crippen molar-refractivity contribution in [3.63, 3.8) is 0 Å². The van der Waals surface area contributed by atoms with E-state index in [2.05, 4.69) is 10.6 Å². The Morgan fingerprint density at radius 1 is 0.788 bits per heavy atom. The molecule has 0 aliphatic carbocycles. The fraction of sp³-hybridized carbons (Fsp3) is 0.710. The third-order valence-electron chi connectivity index (χ3n) is 8.83. The Morgan fingerprint density at radius 2 is 1.35 bits per heavy atom. The average molecular weight is 750 g/mol. The summed E-state index contributed by atoms with van der Waals surface area (Å²) >= 11 is 0. The maximum Gasteiger partial charge on any atom is 0.320 e. The first-order chi connectivity index (χ1) is 24.6. The van der Waals surface area contributed by atoms with Gasteiger partial charge in [0.05, 0.1) is 19.3 Å². The van der Waals surface area contributed by atoms with E-state index in [0.717, 1.165) is 6.92 Å². The van der Waals surface area contributed by atoms with E-state index in [0.29, 0.717) is 5.69 Å². The largest absolute Gasteiger partial charge is 0.480 e. The quantitative estimate of drug-likeness (QED) is 0.0845. The Labute approximate surface area is 296 Å². The van der Waals surface area contributed by atoms with Gasteiger partial charge in [0.25, 0.3) is 0 Å². The minimum atomic E-state index is -1.91. The lowest BCUT2D eigenvalue weighted by Crippen LogP contribution is -2.70. The van der Waals surface area contributed by atoms with Gasteiger partial charge in [-0.3, -0.25) is 14.4 Å². The van der Waals surface area contributed by atoms with Crippen LogP contribution < -0.4 is 21.1 Å². The van der Waals surface area contributed by atoms with Crippen molar-refractivity contribution in [3.05, 3.63) is 24.3 Å². The minimum absolute atomic E-state index is 0.0936. The van der Waals surface area contributed by atoms with Gasteiger partial charge in [0.15, 0.2) is 12.6 Å². The van der Waals surface area contributed by atoms with Crippen LogP contribution in [0.5, 0.6) is 5.75 Å². The second-order valence-corrected chi connectivity index (χ2v) is 12.7. The molecule has 294 valence electrons. The lowest BCUT2D eigenvalue weighted by molar-refractivity contribution is -0.368. The highest BCUT2D eigenvalue weighted by molar-refractivity contribution is 5.91. The fourth-order valence-corrected chi connectivity index (χ4v) is 5.87. The van der Waals surface area contributed by atoms with E-state index in [-0.39, 0.29) is 18.6 Å². The van der Waals surface area contributed by atoms with Crippen LogP contribution in [0, 0.1) is 0 Å². The molecule has 21 nitrogen and oxygen atoms in total. The number of hydrogen-bond donors (Lipinski definition) is 12. The third-order valence-corrected chi connectivity index (χ3v) is 8.83. The number of anilines is 1. The summed E-state index contributed by atoms with van der Waals surface area (Å²) in [6, 6.07) is 3.12. The number of carbonyl (C=O) groups is 3. The molecular formula is C31H47N3O18. The second kappa shape index (κ2) is 18.3. The van der Waals surface area contributed by atoms with Crippen molar-refractivity contribution in [2.75, 3.05) is 18.5 Å². The van der Waals surface area contributed by atoms with E-state index in [4.69, 9.17) is 39.3 Å². The Morgan fingerprint density at radius 3 is 1.92 bits per heavy atom. The predicted octanol–water partition coefficient (Wildman–Crippen LogP) is -5.18. The predicted molar refractivity (Wildman–Crippen MR) is 170 cm³/mol. The first kappa shape index (κ1) is 41.6. The van der Waals surface area contributed by atoms with Gasteiger partial charge in [0, 0.05) is 19.0 Å². The zero-order chi connectivity index (χ0) is 38.4. The van der Waals surface area contributed by atoms with Crippen molar-refractivity contribution in [2.45, 2.75) is 125 Å². The maximum atomic E-state index is 12.5. The molecule has 0 bridgehead atoms. The molecule has 3 aliphatic heterocycles. The molecule has 0 spiro atoms. The number of aliphatic hydroxyl groups excluding tert-OH is 8. The van der Waals surface area contributed by atoms with Gasteiger partial charge in [-0.15, -0.1) is 0 Å². The van der Waals surface area contributed by atoms with Crippen LogP contribution in [0.25, 0.3) is 0 Å². The Bertz CT molecular complexity index is 1340. The average Bonchev–Trinajstić information content (AvgIpc) is 3.11. The van der Waals surface area contributed by atoms with E-state index in [9.17, 15) is 55.2 Å². The highest BCUT2D eigenvalue weighted by Gasteiger charge is 2.55. The normalized spacial score (nSPS) is 38.6. The molecule has 0 aromatic heterocycles. The molecule has 0 unspecified atom stereocenters.